The third kappa shape index (κ3) is 5.26. The van der Waals surface area contributed by atoms with Crippen molar-refractivity contribution in [3.63, 3.8) is 0 Å². The van der Waals surface area contributed by atoms with Gasteiger partial charge in [0.1, 0.15) is 0 Å². The summed E-state index contributed by atoms with van der Waals surface area (Å²) in [5.74, 6) is -0.156. The molecule has 0 unspecified atom stereocenters. The maximum atomic E-state index is 12.5. The van der Waals surface area contributed by atoms with Gasteiger partial charge in [-0.25, -0.2) is 4.79 Å². The summed E-state index contributed by atoms with van der Waals surface area (Å²) in [5.41, 5.74) is 5.63. The number of benzene rings is 1. The monoisotopic (exact) mass is 407 g/mol. The van der Waals surface area contributed by atoms with Crippen LogP contribution in [0.5, 0.6) is 0 Å². The Balaban J connectivity index is 1.66. The summed E-state index contributed by atoms with van der Waals surface area (Å²) in [7, 11) is 0. The number of amides is 2. The molecular formula is C24H29N3O3. The highest BCUT2D eigenvalue weighted by Crippen LogP contribution is 2.28. The molecular weight excluding hydrogens is 378 g/mol. The lowest BCUT2D eigenvalue weighted by Gasteiger charge is -2.29. The fraction of sp³-hybridized carbons (Fsp3) is 0.375. The van der Waals surface area contributed by atoms with E-state index >= 15 is 0 Å². The molecule has 1 aliphatic rings. The number of carbonyl (C=O) groups excluding carboxylic acids is 2. The van der Waals surface area contributed by atoms with Crippen LogP contribution < -0.4 is 5.32 Å². The molecule has 0 spiro atoms. The second-order valence-electron chi connectivity index (χ2n) is 7.62. The molecule has 158 valence electrons. The Morgan fingerprint density at radius 1 is 1.17 bits per heavy atom. The van der Waals surface area contributed by atoms with Gasteiger partial charge in [-0.05, 0) is 61.6 Å². The zero-order chi connectivity index (χ0) is 21.5. The number of aromatic nitrogens is 1. The molecule has 0 saturated carbocycles. The van der Waals surface area contributed by atoms with E-state index < -0.39 is 0 Å². The maximum absolute atomic E-state index is 12.5. The number of ether oxygens (including phenoxy) is 1. The average molecular weight is 408 g/mol. The van der Waals surface area contributed by atoms with Gasteiger partial charge in [0.2, 0.25) is 0 Å². The average Bonchev–Trinajstić information content (AvgIpc) is 2.75. The van der Waals surface area contributed by atoms with Crippen molar-refractivity contribution in [2.75, 3.05) is 25.0 Å². The summed E-state index contributed by atoms with van der Waals surface area (Å²) in [4.78, 5) is 30.6. The lowest BCUT2D eigenvalue weighted by Crippen LogP contribution is -2.37. The van der Waals surface area contributed by atoms with Gasteiger partial charge in [0.25, 0.3) is 5.91 Å². The Labute approximate surface area is 178 Å². The van der Waals surface area contributed by atoms with Crippen LogP contribution in [0, 0.1) is 6.92 Å². The molecule has 6 heteroatoms. The van der Waals surface area contributed by atoms with Crippen LogP contribution in [0.4, 0.5) is 10.5 Å². The normalized spacial score (nSPS) is 13.9. The van der Waals surface area contributed by atoms with Crippen LogP contribution in [-0.2, 0) is 4.74 Å². The molecule has 30 heavy (non-hydrogen) atoms. The molecule has 1 aromatic heterocycles. The summed E-state index contributed by atoms with van der Waals surface area (Å²) < 4.78 is 5.37. The SMILES string of the molecule is CCCCOC(=O)N1CCC(C)=C(c2ccc(NC(=O)c3ccncc3C)cc2)C1. The van der Waals surface area contributed by atoms with E-state index in [-0.39, 0.29) is 12.0 Å². The Morgan fingerprint density at radius 3 is 2.63 bits per heavy atom. The number of aryl methyl sites for hydroxylation is 1. The minimum Gasteiger partial charge on any atom is -0.449 e. The van der Waals surface area contributed by atoms with Crippen molar-refractivity contribution < 1.29 is 14.3 Å². The van der Waals surface area contributed by atoms with E-state index in [1.165, 1.54) is 5.57 Å². The molecule has 0 aliphatic carbocycles. The number of nitrogens with one attached hydrogen (secondary N) is 1. The minimum absolute atomic E-state index is 0.156. The lowest BCUT2D eigenvalue weighted by atomic mass is 9.95. The fourth-order valence-corrected chi connectivity index (χ4v) is 3.43. The van der Waals surface area contributed by atoms with E-state index in [4.69, 9.17) is 4.74 Å². The molecule has 0 fully saturated rings. The molecule has 0 atom stereocenters. The van der Waals surface area contributed by atoms with Gasteiger partial charge in [0, 0.05) is 36.7 Å². The Bertz CT molecular complexity index is 935. The third-order valence-corrected chi connectivity index (χ3v) is 5.36. The van der Waals surface area contributed by atoms with Crippen molar-refractivity contribution in [2.45, 2.75) is 40.0 Å². The number of hydrogen-bond donors (Lipinski definition) is 1. The van der Waals surface area contributed by atoms with Gasteiger partial charge in [-0.1, -0.05) is 31.1 Å². The molecule has 3 rings (SSSR count). The van der Waals surface area contributed by atoms with Gasteiger partial charge in [0.05, 0.1) is 6.61 Å². The maximum Gasteiger partial charge on any atom is 0.410 e. The Kier molecular flexibility index (Phi) is 7.22. The van der Waals surface area contributed by atoms with Crippen molar-refractivity contribution >= 4 is 23.3 Å². The van der Waals surface area contributed by atoms with Crippen LogP contribution in [0.25, 0.3) is 5.57 Å². The zero-order valence-electron chi connectivity index (χ0n) is 17.9. The molecule has 1 aromatic carbocycles. The van der Waals surface area contributed by atoms with Gasteiger partial charge in [0.15, 0.2) is 0 Å². The van der Waals surface area contributed by atoms with E-state index in [1.807, 2.05) is 31.2 Å². The highest BCUT2D eigenvalue weighted by atomic mass is 16.6. The van der Waals surface area contributed by atoms with E-state index in [0.29, 0.717) is 25.3 Å². The standard InChI is InChI=1S/C24H29N3O3/c1-4-5-14-30-24(29)27-13-11-17(2)22(16-27)19-6-8-20(9-7-19)26-23(28)21-10-12-25-15-18(21)3/h6-10,12,15H,4-5,11,13-14,16H2,1-3H3,(H,26,28). The van der Waals surface area contributed by atoms with Gasteiger partial charge in [-0.2, -0.15) is 0 Å². The first-order valence-electron chi connectivity index (χ1n) is 10.4. The van der Waals surface area contributed by atoms with Crippen molar-refractivity contribution in [1.29, 1.82) is 0 Å². The summed E-state index contributed by atoms with van der Waals surface area (Å²) >= 11 is 0. The number of carbonyl (C=O) groups is 2. The number of rotatable bonds is 6. The Hall–Kier alpha value is -3.15. The quantitative estimate of drug-likeness (QED) is 0.680. The summed E-state index contributed by atoms with van der Waals surface area (Å²) in [5, 5.41) is 2.93. The van der Waals surface area contributed by atoms with Crippen LogP contribution in [0.15, 0.2) is 48.3 Å². The first kappa shape index (κ1) is 21.6. The van der Waals surface area contributed by atoms with Crippen LogP contribution >= 0.6 is 0 Å². The van der Waals surface area contributed by atoms with Crippen LogP contribution in [0.2, 0.25) is 0 Å². The van der Waals surface area contributed by atoms with Gasteiger partial charge in [-0.15, -0.1) is 0 Å². The van der Waals surface area contributed by atoms with E-state index in [9.17, 15) is 9.59 Å². The van der Waals surface area contributed by atoms with Gasteiger partial charge in [-0.3, -0.25) is 9.78 Å². The zero-order valence-corrected chi connectivity index (χ0v) is 17.9. The first-order chi connectivity index (χ1) is 14.5. The summed E-state index contributed by atoms with van der Waals surface area (Å²) in [6.07, 6.45) is 5.76. The number of hydrogen-bond acceptors (Lipinski definition) is 4. The molecule has 2 amide bonds. The van der Waals surface area contributed by atoms with E-state index in [0.717, 1.165) is 41.6 Å². The topological polar surface area (TPSA) is 71.5 Å². The molecule has 0 bridgehead atoms. The van der Waals surface area contributed by atoms with E-state index in [1.54, 1.807) is 23.4 Å². The lowest BCUT2D eigenvalue weighted by molar-refractivity contribution is 0.102. The number of pyridine rings is 1. The third-order valence-electron chi connectivity index (χ3n) is 5.36. The molecule has 1 aliphatic heterocycles. The Morgan fingerprint density at radius 2 is 1.93 bits per heavy atom. The van der Waals surface area contributed by atoms with Crippen molar-refractivity contribution in [3.8, 4) is 0 Å². The minimum atomic E-state index is -0.245. The highest BCUT2D eigenvalue weighted by Gasteiger charge is 2.23. The van der Waals surface area contributed by atoms with Crippen molar-refractivity contribution in [1.82, 2.24) is 9.88 Å². The number of nitrogens with zero attached hydrogens (tertiary/aromatic N) is 2. The molecule has 1 N–H and O–H groups in total. The highest BCUT2D eigenvalue weighted by molar-refractivity contribution is 6.05. The van der Waals surface area contributed by atoms with Gasteiger partial charge >= 0.3 is 6.09 Å². The summed E-state index contributed by atoms with van der Waals surface area (Å²) in [6.45, 7) is 7.73. The number of unbranched alkanes of at least 4 members (excludes halogenated alkanes) is 1. The predicted octanol–water partition coefficient (Wildman–Crippen LogP) is 5.06. The molecule has 6 nitrogen and oxygen atoms in total. The van der Waals surface area contributed by atoms with E-state index in [2.05, 4.69) is 24.1 Å². The molecule has 0 saturated heterocycles. The molecule has 0 radical (unpaired) electrons. The second kappa shape index (κ2) is 10.1. The van der Waals surface area contributed by atoms with Crippen molar-refractivity contribution in [3.05, 3.63) is 65.0 Å². The van der Waals surface area contributed by atoms with Crippen LogP contribution in [-0.4, -0.2) is 41.6 Å². The van der Waals surface area contributed by atoms with Crippen LogP contribution in [0.1, 0.15) is 54.6 Å². The second-order valence-corrected chi connectivity index (χ2v) is 7.62. The summed E-state index contributed by atoms with van der Waals surface area (Å²) in [6, 6.07) is 9.47. The fourth-order valence-electron chi connectivity index (χ4n) is 3.43. The largest absolute Gasteiger partial charge is 0.449 e. The van der Waals surface area contributed by atoms with Crippen LogP contribution in [0.3, 0.4) is 0 Å². The van der Waals surface area contributed by atoms with Gasteiger partial charge < -0.3 is 15.0 Å². The number of anilines is 1. The first-order valence-corrected chi connectivity index (χ1v) is 10.4. The molecule has 2 aromatic rings. The molecule has 2 heterocycles. The smallest absolute Gasteiger partial charge is 0.410 e. The van der Waals surface area contributed by atoms with Crippen molar-refractivity contribution in [2.24, 2.45) is 0 Å². The predicted molar refractivity (Wildman–Crippen MR) is 118 cm³/mol.